The number of hydrogen-bond donors (Lipinski definition) is 1. The first-order chi connectivity index (χ1) is 9.13. The maximum Gasteiger partial charge on any atom is 0.151 e. The van der Waals surface area contributed by atoms with Crippen LogP contribution in [0.3, 0.4) is 0 Å². The zero-order chi connectivity index (χ0) is 13.6. The van der Waals surface area contributed by atoms with Gasteiger partial charge in [-0.2, -0.15) is 5.10 Å². The molecule has 4 atom stereocenters. The molecule has 1 fully saturated rings. The topological polar surface area (TPSA) is 65.4 Å². The van der Waals surface area contributed by atoms with Gasteiger partial charge in [0.2, 0.25) is 0 Å². The second kappa shape index (κ2) is 4.45. The molecule has 2 aromatic rings. The quantitative estimate of drug-likeness (QED) is 0.902. The number of nitrogens with two attached hydrogens (primary N) is 1. The highest BCUT2D eigenvalue weighted by atomic mass is 19.1. The van der Waals surface area contributed by atoms with Crippen LogP contribution in [0.4, 0.5) is 10.2 Å². The van der Waals surface area contributed by atoms with Gasteiger partial charge in [-0.3, -0.25) is 0 Å². The van der Waals surface area contributed by atoms with E-state index in [0.717, 1.165) is 6.42 Å². The smallest absolute Gasteiger partial charge is 0.151 e. The summed E-state index contributed by atoms with van der Waals surface area (Å²) in [4.78, 5) is 3.92. The van der Waals surface area contributed by atoms with Crippen LogP contribution in [0.1, 0.15) is 32.1 Å². The number of nitrogen functional groups attached to an aromatic ring is 1. The number of hydrogen-bond acceptors (Lipinski definition) is 4. The summed E-state index contributed by atoms with van der Waals surface area (Å²) in [5.41, 5.74) is 7.15. The van der Waals surface area contributed by atoms with Crippen molar-refractivity contribution in [1.29, 1.82) is 0 Å². The van der Waals surface area contributed by atoms with Crippen LogP contribution in [0.5, 0.6) is 0 Å². The molecule has 2 aromatic heterocycles. The Balaban J connectivity index is 2.04. The Morgan fingerprint density at radius 2 is 2.26 bits per heavy atom. The minimum absolute atomic E-state index is 0.0512. The van der Waals surface area contributed by atoms with Gasteiger partial charge in [0.1, 0.15) is 24.1 Å². The van der Waals surface area contributed by atoms with Crippen molar-refractivity contribution in [3.8, 4) is 0 Å². The van der Waals surface area contributed by atoms with E-state index in [1.54, 1.807) is 10.6 Å². The molecule has 0 spiro atoms. The molecule has 2 N–H and O–H groups in total. The lowest BCUT2D eigenvalue weighted by Crippen LogP contribution is -2.18. The highest BCUT2D eigenvalue weighted by Crippen LogP contribution is 2.40. The number of rotatable bonds is 2. The Labute approximate surface area is 110 Å². The predicted octanol–water partition coefficient (Wildman–Crippen LogP) is 2.14. The van der Waals surface area contributed by atoms with E-state index in [9.17, 15) is 4.39 Å². The van der Waals surface area contributed by atoms with Gasteiger partial charge in [-0.15, -0.1) is 0 Å². The lowest BCUT2D eigenvalue weighted by Gasteiger charge is -2.13. The highest BCUT2D eigenvalue weighted by Gasteiger charge is 2.43. The van der Waals surface area contributed by atoms with Gasteiger partial charge >= 0.3 is 0 Å². The maximum absolute atomic E-state index is 14.4. The van der Waals surface area contributed by atoms with Crippen molar-refractivity contribution in [3.05, 3.63) is 24.2 Å². The largest absolute Gasteiger partial charge is 0.382 e. The van der Waals surface area contributed by atoms with Gasteiger partial charge in [0, 0.05) is 5.92 Å². The van der Waals surface area contributed by atoms with Crippen LogP contribution in [0.2, 0.25) is 0 Å². The molecule has 0 radical (unpaired) electrons. The summed E-state index contributed by atoms with van der Waals surface area (Å²) in [5.74, 6) is 0.273. The first-order valence-corrected chi connectivity index (χ1v) is 6.51. The molecule has 1 aliphatic rings. The number of alkyl halides is 1. The van der Waals surface area contributed by atoms with E-state index in [-0.39, 0.29) is 12.0 Å². The van der Waals surface area contributed by atoms with Gasteiger partial charge in [-0.1, -0.05) is 13.8 Å². The molecule has 19 heavy (non-hydrogen) atoms. The Morgan fingerprint density at radius 1 is 1.47 bits per heavy atom. The first-order valence-electron chi connectivity index (χ1n) is 6.51. The monoisotopic (exact) mass is 264 g/mol. The highest BCUT2D eigenvalue weighted by molar-refractivity contribution is 5.65. The van der Waals surface area contributed by atoms with Gasteiger partial charge in [-0.05, 0) is 18.6 Å². The third kappa shape index (κ3) is 1.78. The molecule has 0 bridgehead atoms. The van der Waals surface area contributed by atoms with Crippen LogP contribution < -0.4 is 5.73 Å². The molecule has 3 rings (SSSR count). The number of aromatic nitrogens is 3. The van der Waals surface area contributed by atoms with Crippen molar-refractivity contribution >= 4 is 11.3 Å². The van der Waals surface area contributed by atoms with E-state index in [1.165, 1.54) is 6.33 Å². The minimum Gasteiger partial charge on any atom is -0.382 e. The molecule has 5 nitrogen and oxygen atoms in total. The molecular formula is C13H17FN4O. The fraction of sp³-hybridized carbons (Fsp3) is 0.538. The van der Waals surface area contributed by atoms with Crippen LogP contribution in [0, 0.1) is 5.92 Å². The Morgan fingerprint density at radius 3 is 2.95 bits per heavy atom. The molecule has 1 saturated heterocycles. The fourth-order valence-corrected chi connectivity index (χ4v) is 2.76. The van der Waals surface area contributed by atoms with Crippen LogP contribution in [0.25, 0.3) is 5.52 Å². The van der Waals surface area contributed by atoms with E-state index in [2.05, 4.69) is 10.1 Å². The Bertz CT molecular complexity index is 599. The lowest BCUT2D eigenvalue weighted by atomic mass is 9.97. The zero-order valence-corrected chi connectivity index (χ0v) is 11.0. The van der Waals surface area contributed by atoms with Crippen molar-refractivity contribution in [2.24, 2.45) is 5.92 Å². The third-order valence-corrected chi connectivity index (χ3v) is 3.90. The van der Waals surface area contributed by atoms with Crippen LogP contribution >= 0.6 is 0 Å². The average Bonchev–Trinajstić information content (AvgIpc) is 2.94. The molecule has 0 aromatic carbocycles. The maximum atomic E-state index is 14.4. The van der Waals surface area contributed by atoms with Crippen molar-refractivity contribution in [3.63, 3.8) is 0 Å². The summed E-state index contributed by atoms with van der Waals surface area (Å²) in [5, 5.41) is 4.14. The minimum atomic E-state index is -1.03. The molecule has 0 amide bonds. The Kier molecular flexibility index (Phi) is 2.89. The second-order valence-electron chi connectivity index (χ2n) is 5.01. The van der Waals surface area contributed by atoms with E-state index >= 15 is 0 Å². The third-order valence-electron chi connectivity index (χ3n) is 3.90. The number of anilines is 1. The molecule has 0 saturated carbocycles. The van der Waals surface area contributed by atoms with E-state index in [4.69, 9.17) is 10.5 Å². The second-order valence-corrected chi connectivity index (χ2v) is 5.01. The van der Waals surface area contributed by atoms with E-state index < -0.39 is 12.3 Å². The number of ether oxygens (including phenoxy) is 1. The molecular weight excluding hydrogens is 247 g/mol. The standard InChI is InChI=1S/C13H17FN4O/c1-3-10-7(2)11(14)12(19-10)8-4-5-9-13(15)16-6-17-18(8)9/h4-7,10-12H,3H2,1-2H3,(H2,15,16,17)/t7-,10-,11-,12?/m1/s1. The summed E-state index contributed by atoms with van der Waals surface area (Å²) in [7, 11) is 0. The van der Waals surface area contributed by atoms with Crippen molar-refractivity contribution in [2.75, 3.05) is 5.73 Å². The first kappa shape index (κ1) is 12.3. The van der Waals surface area contributed by atoms with Gasteiger partial charge in [-0.25, -0.2) is 13.9 Å². The van der Waals surface area contributed by atoms with Crippen LogP contribution in [-0.2, 0) is 4.74 Å². The normalized spacial score (nSPS) is 31.1. The average molecular weight is 264 g/mol. The molecule has 0 aliphatic carbocycles. The van der Waals surface area contributed by atoms with Gasteiger partial charge in [0.05, 0.1) is 11.8 Å². The lowest BCUT2D eigenvalue weighted by molar-refractivity contribution is 0.0197. The van der Waals surface area contributed by atoms with Crippen LogP contribution in [0.15, 0.2) is 18.5 Å². The Hall–Kier alpha value is -1.69. The SMILES string of the molecule is CC[C@H]1OC(c2ccc3c(N)ncnn23)[C@H](F)[C@@H]1C. The van der Waals surface area contributed by atoms with Gasteiger partial charge in [0.15, 0.2) is 5.82 Å². The predicted molar refractivity (Wildman–Crippen MR) is 69.4 cm³/mol. The fourth-order valence-electron chi connectivity index (χ4n) is 2.76. The van der Waals surface area contributed by atoms with Gasteiger partial charge in [0.25, 0.3) is 0 Å². The summed E-state index contributed by atoms with van der Waals surface area (Å²) < 4.78 is 21.8. The summed E-state index contributed by atoms with van der Waals surface area (Å²) >= 11 is 0. The van der Waals surface area contributed by atoms with Crippen LogP contribution in [-0.4, -0.2) is 26.9 Å². The molecule has 1 unspecified atom stereocenters. The zero-order valence-electron chi connectivity index (χ0n) is 11.0. The van der Waals surface area contributed by atoms with E-state index in [1.807, 2.05) is 19.9 Å². The van der Waals surface area contributed by atoms with Gasteiger partial charge < -0.3 is 10.5 Å². The number of halogens is 1. The van der Waals surface area contributed by atoms with Crippen molar-refractivity contribution in [1.82, 2.24) is 14.6 Å². The number of nitrogens with zero attached hydrogens (tertiary/aromatic N) is 3. The molecule has 1 aliphatic heterocycles. The van der Waals surface area contributed by atoms with Crippen molar-refractivity contribution < 1.29 is 9.13 Å². The molecule has 3 heterocycles. The summed E-state index contributed by atoms with van der Waals surface area (Å²) in [6.45, 7) is 3.89. The molecule has 102 valence electrons. The number of fused-ring (bicyclic) bond motifs is 1. The van der Waals surface area contributed by atoms with Crippen molar-refractivity contribution in [2.45, 2.75) is 38.6 Å². The molecule has 6 heteroatoms. The summed E-state index contributed by atoms with van der Waals surface area (Å²) in [6.07, 6.45) is 0.508. The summed E-state index contributed by atoms with van der Waals surface area (Å²) in [6, 6.07) is 3.60. The van der Waals surface area contributed by atoms with E-state index in [0.29, 0.717) is 17.0 Å².